The lowest BCUT2D eigenvalue weighted by Gasteiger charge is -2.13. The largest absolute Gasteiger partial charge is 0.456 e. The van der Waals surface area contributed by atoms with Gasteiger partial charge in [0.2, 0.25) is 0 Å². The highest BCUT2D eigenvalue weighted by molar-refractivity contribution is 5.67. The topological polar surface area (TPSA) is 131 Å². The summed E-state index contributed by atoms with van der Waals surface area (Å²) in [5, 5.41) is 19.2. The van der Waals surface area contributed by atoms with Crippen molar-refractivity contribution in [3.05, 3.63) is 83.9 Å². The summed E-state index contributed by atoms with van der Waals surface area (Å²) in [6.07, 6.45) is 3.93. The predicted molar refractivity (Wildman–Crippen MR) is 118 cm³/mol. The van der Waals surface area contributed by atoms with Crippen molar-refractivity contribution in [2.24, 2.45) is 5.73 Å². The highest BCUT2D eigenvalue weighted by Crippen LogP contribution is 2.34. The van der Waals surface area contributed by atoms with Crippen LogP contribution in [0.2, 0.25) is 0 Å². The molecule has 1 atom stereocenters. The fraction of sp³-hybridized carbons (Fsp3) is 0.125. The summed E-state index contributed by atoms with van der Waals surface area (Å²) in [6, 6.07) is 16.4. The van der Waals surface area contributed by atoms with Gasteiger partial charge in [-0.15, -0.1) is 0 Å². The first kappa shape index (κ1) is 21.1. The average Bonchev–Trinajstić information content (AvgIpc) is 2.84. The smallest absolute Gasteiger partial charge is 0.162 e. The van der Waals surface area contributed by atoms with E-state index in [0.29, 0.717) is 39.7 Å². The van der Waals surface area contributed by atoms with Crippen molar-refractivity contribution in [3.63, 3.8) is 0 Å². The Balaban J connectivity index is 1.73. The number of nitriles is 1. The molecule has 32 heavy (non-hydrogen) atoms. The van der Waals surface area contributed by atoms with Crippen molar-refractivity contribution in [1.82, 2.24) is 19.9 Å². The zero-order valence-corrected chi connectivity index (χ0v) is 17.3. The van der Waals surface area contributed by atoms with Crippen LogP contribution >= 0.6 is 0 Å². The first-order chi connectivity index (χ1) is 15.6. The molecule has 0 saturated carbocycles. The molecular weight excluding hydrogens is 404 g/mol. The second kappa shape index (κ2) is 9.31. The molecule has 4 aromatic rings. The maximum atomic E-state index is 9.88. The Morgan fingerprint density at radius 2 is 1.88 bits per heavy atom. The Bertz CT molecular complexity index is 1270. The lowest BCUT2D eigenvalue weighted by atomic mass is 10.1. The highest BCUT2D eigenvalue weighted by atomic mass is 16.5. The molecule has 0 bridgehead atoms. The molecule has 0 aliphatic heterocycles. The van der Waals surface area contributed by atoms with Crippen LogP contribution in [0.3, 0.4) is 0 Å². The Hall–Kier alpha value is -4.19. The number of aliphatic hydroxyl groups excluding tert-OH is 1. The van der Waals surface area contributed by atoms with Gasteiger partial charge in [-0.25, -0.2) is 9.97 Å². The fourth-order valence-electron chi connectivity index (χ4n) is 3.11. The van der Waals surface area contributed by atoms with E-state index in [1.807, 2.05) is 25.1 Å². The molecule has 0 amide bonds. The second-order valence-corrected chi connectivity index (χ2v) is 7.06. The number of nitrogens with two attached hydrogens (primary N) is 1. The molecule has 3 heterocycles. The Kier molecular flexibility index (Phi) is 6.12. The molecular formula is C24H20N6O2. The van der Waals surface area contributed by atoms with E-state index in [9.17, 15) is 10.4 Å². The molecule has 1 aromatic carbocycles. The van der Waals surface area contributed by atoms with Gasteiger partial charge in [0.05, 0.1) is 34.7 Å². The lowest BCUT2D eigenvalue weighted by Crippen LogP contribution is -2.12. The number of rotatable bonds is 6. The van der Waals surface area contributed by atoms with Crippen molar-refractivity contribution >= 4 is 0 Å². The number of ether oxygens (including phenoxy) is 1. The van der Waals surface area contributed by atoms with Crippen LogP contribution in [0.25, 0.3) is 22.8 Å². The summed E-state index contributed by atoms with van der Waals surface area (Å²) in [7, 11) is 0. The predicted octanol–water partition coefficient (Wildman–Crippen LogP) is 3.57. The minimum Gasteiger partial charge on any atom is -0.456 e. The SMILES string of the molecule is Cc1cc(Oc2cc(C#N)ccc2-c2ncc([C@H](O)CN)cn2)cc(-c2ccccn2)n1. The maximum Gasteiger partial charge on any atom is 0.162 e. The second-order valence-electron chi connectivity index (χ2n) is 7.06. The number of aryl methyl sites for hydroxylation is 1. The number of hydrogen-bond acceptors (Lipinski definition) is 8. The molecule has 0 fully saturated rings. The van der Waals surface area contributed by atoms with Crippen molar-refractivity contribution in [1.29, 1.82) is 5.26 Å². The van der Waals surface area contributed by atoms with E-state index in [0.717, 1.165) is 11.4 Å². The van der Waals surface area contributed by atoms with Crippen molar-refractivity contribution in [2.75, 3.05) is 6.54 Å². The van der Waals surface area contributed by atoms with E-state index in [4.69, 9.17) is 10.5 Å². The van der Waals surface area contributed by atoms with Crippen molar-refractivity contribution in [2.45, 2.75) is 13.0 Å². The lowest BCUT2D eigenvalue weighted by molar-refractivity contribution is 0.186. The monoisotopic (exact) mass is 424 g/mol. The first-order valence-corrected chi connectivity index (χ1v) is 9.90. The third kappa shape index (κ3) is 4.59. The van der Waals surface area contributed by atoms with Gasteiger partial charge >= 0.3 is 0 Å². The van der Waals surface area contributed by atoms with Gasteiger partial charge in [-0.1, -0.05) is 6.07 Å². The van der Waals surface area contributed by atoms with E-state index in [-0.39, 0.29) is 6.54 Å². The summed E-state index contributed by atoms with van der Waals surface area (Å²) in [5.74, 6) is 1.37. The zero-order chi connectivity index (χ0) is 22.5. The first-order valence-electron chi connectivity index (χ1n) is 9.90. The number of benzene rings is 1. The quantitative estimate of drug-likeness (QED) is 0.480. The normalized spacial score (nSPS) is 11.6. The molecule has 0 aliphatic carbocycles. The Morgan fingerprint density at radius 3 is 2.56 bits per heavy atom. The van der Waals surface area contributed by atoms with Gasteiger partial charge in [-0.05, 0) is 37.3 Å². The molecule has 0 radical (unpaired) electrons. The number of nitrogens with zero attached hydrogens (tertiary/aromatic N) is 5. The van der Waals surface area contributed by atoms with Crippen LogP contribution in [0.4, 0.5) is 0 Å². The van der Waals surface area contributed by atoms with E-state index < -0.39 is 6.10 Å². The minimum absolute atomic E-state index is 0.0773. The summed E-state index contributed by atoms with van der Waals surface area (Å²) < 4.78 is 6.18. The summed E-state index contributed by atoms with van der Waals surface area (Å²) in [4.78, 5) is 17.6. The Morgan fingerprint density at radius 1 is 1.06 bits per heavy atom. The summed E-state index contributed by atoms with van der Waals surface area (Å²) in [5.41, 5.74) is 9.23. The number of hydrogen-bond donors (Lipinski definition) is 2. The van der Waals surface area contributed by atoms with Gasteiger partial charge in [-0.3, -0.25) is 9.97 Å². The van der Waals surface area contributed by atoms with Gasteiger partial charge in [0.1, 0.15) is 11.5 Å². The molecule has 8 nitrogen and oxygen atoms in total. The number of pyridine rings is 2. The van der Waals surface area contributed by atoms with Crippen LogP contribution in [0.1, 0.15) is 22.9 Å². The molecule has 4 rings (SSSR count). The van der Waals surface area contributed by atoms with Crippen molar-refractivity contribution in [3.8, 4) is 40.3 Å². The molecule has 0 spiro atoms. The van der Waals surface area contributed by atoms with Crippen LogP contribution in [0.15, 0.2) is 67.1 Å². The molecule has 3 N–H and O–H groups in total. The van der Waals surface area contributed by atoms with Gasteiger partial charge in [0.15, 0.2) is 5.82 Å². The van der Waals surface area contributed by atoms with E-state index in [2.05, 4.69) is 26.0 Å². The molecule has 3 aromatic heterocycles. The van der Waals surface area contributed by atoms with Crippen LogP contribution in [-0.4, -0.2) is 31.6 Å². The van der Waals surface area contributed by atoms with Crippen LogP contribution < -0.4 is 10.5 Å². The minimum atomic E-state index is -0.828. The molecule has 8 heteroatoms. The average molecular weight is 424 g/mol. The molecule has 0 saturated heterocycles. The molecule has 0 unspecified atom stereocenters. The Labute approximate surface area is 185 Å². The zero-order valence-electron chi connectivity index (χ0n) is 17.3. The standard InChI is InChI=1S/C24H20N6O2/c1-15-8-18(10-21(30-15)20-4-2-3-7-27-20)32-23-9-16(11-25)5-6-19(23)24-28-13-17(14-29-24)22(31)12-26/h2-10,13-14,22,31H,12,26H2,1H3/t22-/m1/s1. The fourth-order valence-corrected chi connectivity index (χ4v) is 3.11. The van der Waals surface area contributed by atoms with Gasteiger partial charge in [0, 0.05) is 48.5 Å². The van der Waals surface area contributed by atoms with Crippen LogP contribution in [-0.2, 0) is 0 Å². The maximum absolute atomic E-state index is 9.88. The summed E-state index contributed by atoms with van der Waals surface area (Å²) >= 11 is 0. The van der Waals surface area contributed by atoms with Crippen LogP contribution in [0.5, 0.6) is 11.5 Å². The van der Waals surface area contributed by atoms with E-state index in [1.165, 1.54) is 12.4 Å². The molecule has 0 aliphatic rings. The van der Waals surface area contributed by atoms with Crippen LogP contribution in [0, 0.1) is 18.3 Å². The van der Waals surface area contributed by atoms with E-state index in [1.54, 1.807) is 36.5 Å². The van der Waals surface area contributed by atoms with Gasteiger partial charge in [0.25, 0.3) is 0 Å². The van der Waals surface area contributed by atoms with E-state index >= 15 is 0 Å². The number of aliphatic hydroxyl groups is 1. The van der Waals surface area contributed by atoms with Crippen molar-refractivity contribution < 1.29 is 9.84 Å². The highest BCUT2D eigenvalue weighted by Gasteiger charge is 2.14. The molecule has 158 valence electrons. The van der Waals surface area contributed by atoms with Gasteiger partial charge in [-0.2, -0.15) is 5.26 Å². The summed E-state index contributed by atoms with van der Waals surface area (Å²) in [6.45, 7) is 1.95. The third-order valence-electron chi connectivity index (χ3n) is 4.71. The third-order valence-corrected chi connectivity index (χ3v) is 4.71. The number of aromatic nitrogens is 4. The van der Waals surface area contributed by atoms with Gasteiger partial charge < -0.3 is 15.6 Å².